The number of nitrogens with zero attached hydrogens (tertiary/aromatic N) is 6. The summed E-state index contributed by atoms with van der Waals surface area (Å²) in [4.78, 5) is 14.3. The molecule has 1 atom stereocenters. The lowest BCUT2D eigenvalue weighted by Crippen LogP contribution is -2.48. The van der Waals surface area contributed by atoms with Crippen LogP contribution in [0.3, 0.4) is 0 Å². The summed E-state index contributed by atoms with van der Waals surface area (Å²) in [6.07, 6.45) is 4.48. The second-order valence-corrected chi connectivity index (χ2v) is 11.1. The van der Waals surface area contributed by atoms with Gasteiger partial charge in [-0.05, 0) is 18.2 Å². The van der Waals surface area contributed by atoms with Crippen LogP contribution in [0.15, 0.2) is 36.8 Å². The first-order chi connectivity index (χ1) is 17.6. The number of fused-ring (bicyclic) bond motifs is 1. The van der Waals surface area contributed by atoms with Crippen LogP contribution in [0.1, 0.15) is 11.8 Å². The number of ether oxygens (including phenoxy) is 1. The molecule has 15 heteroatoms. The van der Waals surface area contributed by atoms with Crippen LogP contribution in [0.5, 0.6) is 5.75 Å². The normalized spacial score (nSPS) is 15.8. The minimum Gasteiger partial charge on any atom is -0.471 e. The predicted molar refractivity (Wildman–Crippen MR) is 138 cm³/mol. The Morgan fingerprint density at radius 3 is 2.49 bits per heavy atom. The van der Waals surface area contributed by atoms with Crippen LogP contribution in [0, 0.1) is 5.95 Å². The summed E-state index contributed by atoms with van der Waals surface area (Å²) in [6.45, 7) is 1.74. The summed E-state index contributed by atoms with van der Waals surface area (Å²) >= 11 is 12.1. The lowest BCUT2D eigenvalue weighted by molar-refractivity contribution is 0.214. The van der Waals surface area contributed by atoms with Gasteiger partial charge < -0.3 is 9.64 Å². The van der Waals surface area contributed by atoms with Crippen LogP contribution in [-0.2, 0) is 10.0 Å². The smallest absolute Gasteiger partial charge is 0.232 e. The highest BCUT2D eigenvalue weighted by molar-refractivity contribution is 7.88. The number of rotatable bonds is 6. The number of aromatic amines is 1. The van der Waals surface area contributed by atoms with Gasteiger partial charge in [-0.2, -0.15) is 13.8 Å². The first kappa shape index (κ1) is 25.5. The second kappa shape index (κ2) is 9.99. The summed E-state index contributed by atoms with van der Waals surface area (Å²) < 4.78 is 44.5. The maximum atomic E-state index is 13.8. The SMILES string of the molecule is CS(=O)(=O)N1CCN(c2ncc(-c3n[nH]c4ccc(O[C@H](N)c5c(Cl)cnc(F)c5Cl)cc34)cn2)CC1. The quantitative estimate of drug-likeness (QED) is 0.266. The molecule has 3 N–H and O–H groups in total. The molecular formula is C22H21Cl2FN8O3S. The third-order valence-corrected chi connectivity index (χ3v) is 7.91. The van der Waals surface area contributed by atoms with Gasteiger partial charge in [-0.15, -0.1) is 0 Å². The number of H-pyrrole nitrogens is 1. The molecule has 1 fully saturated rings. The maximum absolute atomic E-state index is 13.8. The number of nitrogens with two attached hydrogens (primary N) is 1. The summed E-state index contributed by atoms with van der Waals surface area (Å²) in [5.41, 5.74) is 8.19. The molecule has 1 aliphatic rings. The number of hydrogen-bond acceptors (Lipinski definition) is 9. The van der Waals surface area contributed by atoms with E-state index < -0.39 is 22.2 Å². The predicted octanol–water partition coefficient (Wildman–Crippen LogP) is 2.98. The van der Waals surface area contributed by atoms with Gasteiger partial charge >= 0.3 is 0 Å². The molecule has 0 bridgehead atoms. The number of nitrogens with one attached hydrogen (secondary N) is 1. The average Bonchev–Trinajstić information content (AvgIpc) is 3.29. The van der Waals surface area contributed by atoms with Crippen LogP contribution < -0.4 is 15.4 Å². The van der Waals surface area contributed by atoms with Crippen molar-refractivity contribution in [2.75, 3.05) is 37.3 Å². The van der Waals surface area contributed by atoms with E-state index in [4.69, 9.17) is 33.7 Å². The fraction of sp³-hybridized carbons (Fsp3) is 0.273. The third kappa shape index (κ3) is 5.18. The van der Waals surface area contributed by atoms with Gasteiger partial charge in [0, 0.05) is 55.7 Å². The highest BCUT2D eigenvalue weighted by Crippen LogP contribution is 2.34. The molecule has 4 aromatic rings. The maximum Gasteiger partial charge on any atom is 0.232 e. The van der Waals surface area contributed by atoms with Crippen LogP contribution >= 0.6 is 23.2 Å². The van der Waals surface area contributed by atoms with Crippen molar-refractivity contribution in [1.82, 2.24) is 29.5 Å². The number of piperazine rings is 1. The Kier molecular flexibility index (Phi) is 6.89. The first-order valence-corrected chi connectivity index (χ1v) is 13.6. The lowest BCUT2D eigenvalue weighted by Gasteiger charge is -2.33. The number of benzene rings is 1. The molecule has 0 amide bonds. The number of halogens is 3. The number of sulfonamides is 1. The van der Waals surface area contributed by atoms with Crippen LogP contribution in [0.4, 0.5) is 10.3 Å². The molecular weight excluding hydrogens is 546 g/mol. The van der Waals surface area contributed by atoms with E-state index in [0.717, 1.165) is 17.1 Å². The van der Waals surface area contributed by atoms with Crippen molar-refractivity contribution in [2.45, 2.75) is 6.23 Å². The molecule has 0 unspecified atom stereocenters. The van der Waals surface area contributed by atoms with E-state index in [9.17, 15) is 12.8 Å². The fourth-order valence-electron chi connectivity index (χ4n) is 4.03. The molecule has 3 aromatic heterocycles. The Morgan fingerprint density at radius 2 is 1.81 bits per heavy atom. The Balaban J connectivity index is 1.36. The third-order valence-electron chi connectivity index (χ3n) is 5.95. The zero-order valence-corrected chi connectivity index (χ0v) is 21.7. The van der Waals surface area contributed by atoms with Crippen molar-refractivity contribution in [3.8, 4) is 17.0 Å². The Bertz CT molecular complexity index is 1560. The molecule has 0 radical (unpaired) electrons. The number of pyridine rings is 1. The largest absolute Gasteiger partial charge is 0.471 e. The van der Waals surface area contributed by atoms with Gasteiger partial charge in [-0.25, -0.2) is 23.4 Å². The topological polar surface area (TPSA) is 143 Å². The highest BCUT2D eigenvalue weighted by atomic mass is 35.5. The molecule has 0 aliphatic carbocycles. The van der Waals surface area contributed by atoms with E-state index in [0.29, 0.717) is 49.1 Å². The van der Waals surface area contributed by atoms with Gasteiger partial charge in [0.05, 0.1) is 22.4 Å². The molecule has 4 heterocycles. The zero-order valence-electron chi connectivity index (χ0n) is 19.4. The molecule has 194 valence electrons. The summed E-state index contributed by atoms with van der Waals surface area (Å²) in [7, 11) is -3.22. The van der Waals surface area contributed by atoms with E-state index in [2.05, 4.69) is 25.1 Å². The van der Waals surface area contributed by atoms with Crippen molar-refractivity contribution in [1.29, 1.82) is 0 Å². The number of hydrogen-bond donors (Lipinski definition) is 2. The Morgan fingerprint density at radius 1 is 1.11 bits per heavy atom. The second-order valence-electron chi connectivity index (χ2n) is 8.36. The first-order valence-electron chi connectivity index (χ1n) is 11.0. The van der Waals surface area contributed by atoms with E-state index in [1.54, 1.807) is 30.6 Å². The molecule has 1 aromatic carbocycles. The van der Waals surface area contributed by atoms with Gasteiger partial charge in [-0.1, -0.05) is 23.2 Å². The van der Waals surface area contributed by atoms with Gasteiger partial charge in [0.1, 0.15) is 16.5 Å². The van der Waals surface area contributed by atoms with Gasteiger partial charge in [0.2, 0.25) is 21.9 Å². The van der Waals surface area contributed by atoms with E-state index in [1.807, 2.05) is 4.90 Å². The van der Waals surface area contributed by atoms with Crippen molar-refractivity contribution in [2.24, 2.45) is 5.73 Å². The molecule has 5 rings (SSSR count). The minimum absolute atomic E-state index is 0.0824. The zero-order chi connectivity index (χ0) is 26.3. The molecule has 0 saturated carbocycles. The van der Waals surface area contributed by atoms with Crippen LogP contribution in [0.2, 0.25) is 10.0 Å². The van der Waals surface area contributed by atoms with E-state index in [1.165, 1.54) is 10.6 Å². The average molecular weight is 567 g/mol. The van der Waals surface area contributed by atoms with Crippen LogP contribution in [-0.4, -0.2) is 70.3 Å². The van der Waals surface area contributed by atoms with Crippen molar-refractivity contribution >= 4 is 50.1 Å². The molecule has 0 spiro atoms. The van der Waals surface area contributed by atoms with Gasteiger partial charge in [0.25, 0.3) is 0 Å². The lowest BCUT2D eigenvalue weighted by atomic mass is 10.1. The molecule has 1 saturated heterocycles. The van der Waals surface area contributed by atoms with E-state index in [-0.39, 0.29) is 15.6 Å². The molecule has 11 nitrogen and oxygen atoms in total. The van der Waals surface area contributed by atoms with Crippen molar-refractivity contribution in [3.05, 3.63) is 58.3 Å². The number of anilines is 1. The Labute approximate surface area is 221 Å². The highest BCUT2D eigenvalue weighted by Gasteiger charge is 2.25. The van der Waals surface area contributed by atoms with Crippen LogP contribution in [0.25, 0.3) is 22.2 Å². The summed E-state index contributed by atoms with van der Waals surface area (Å²) in [5, 5.41) is 7.84. The monoisotopic (exact) mass is 566 g/mol. The fourth-order valence-corrected chi connectivity index (χ4v) is 5.42. The molecule has 1 aliphatic heterocycles. The summed E-state index contributed by atoms with van der Waals surface area (Å²) in [6, 6.07) is 5.17. The standard InChI is InChI=1S/C22H21Cl2FN8O3S/c1-37(34,35)33-6-4-32(5-7-33)22-28-9-12(10-29-22)19-14-8-13(2-3-16(14)30-31-19)36-21(26)17-15(23)11-27-20(25)18(17)24/h2-3,8-11,21H,4-7,26H2,1H3,(H,30,31)/t21-/m0/s1. The van der Waals surface area contributed by atoms with Gasteiger partial charge in [-0.3, -0.25) is 10.8 Å². The minimum atomic E-state index is -3.22. The Hall–Kier alpha value is -3.10. The number of aromatic nitrogens is 5. The summed E-state index contributed by atoms with van der Waals surface area (Å²) in [5.74, 6) is -0.00761. The molecule has 37 heavy (non-hydrogen) atoms. The van der Waals surface area contributed by atoms with Gasteiger partial charge in [0.15, 0.2) is 6.23 Å². The van der Waals surface area contributed by atoms with Crippen molar-refractivity contribution < 1.29 is 17.5 Å². The van der Waals surface area contributed by atoms with Crippen molar-refractivity contribution in [3.63, 3.8) is 0 Å². The van der Waals surface area contributed by atoms with E-state index >= 15 is 0 Å².